The van der Waals surface area contributed by atoms with Crippen LogP contribution in [0.2, 0.25) is 0 Å². The van der Waals surface area contributed by atoms with E-state index in [2.05, 4.69) is 40.3 Å². The van der Waals surface area contributed by atoms with Crippen LogP contribution in [-0.4, -0.2) is 40.3 Å². The highest BCUT2D eigenvalue weighted by Crippen LogP contribution is 2.27. The van der Waals surface area contributed by atoms with Gasteiger partial charge < -0.3 is 4.98 Å². The maximum atomic E-state index is 4.64. The molecule has 0 radical (unpaired) electrons. The Morgan fingerprint density at radius 1 is 0.909 bits per heavy atom. The number of hydrogen-bond acceptors (Lipinski definition) is 6. The third kappa shape index (κ3) is 2.12. The molecule has 2 N–H and O–H groups in total. The Morgan fingerprint density at radius 2 is 1.91 bits per heavy atom. The number of H-pyrrole nitrogens is 2. The van der Waals surface area contributed by atoms with E-state index in [9.17, 15) is 0 Å². The highest BCUT2D eigenvalue weighted by atomic mass is 15.1. The zero-order chi connectivity index (χ0) is 14.8. The quantitative estimate of drug-likeness (QED) is 0.594. The van der Waals surface area contributed by atoms with Crippen LogP contribution in [0.15, 0.2) is 49.2 Å². The van der Waals surface area contributed by atoms with E-state index in [0.717, 1.165) is 5.69 Å². The van der Waals surface area contributed by atoms with Gasteiger partial charge >= 0.3 is 0 Å². The maximum Gasteiger partial charge on any atom is 0.157 e. The molecule has 0 bridgehead atoms. The van der Waals surface area contributed by atoms with Crippen molar-refractivity contribution in [2.75, 3.05) is 0 Å². The maximum absolute atomic E-state index is 4.64. The highest BCUT2D eigenvalue weighted by molar-refractivity contribution is 5.75. The summed E-state index contributed by atoms with van der Waals surface area (Å²) in [6.45, 7) is 0. The summed E-state index contributed by atoms with van der Waals surface area (Å²) in [5.74, 6) is 0.652. The van der Waals surface area contributed by atoms with E-state index in [0.29, 0.717) is 28.6 Å². The molecule has 0 atom stereocenters. The summed E-state index contributed by atoms with van der Waals surface area (Å²) in [5, 5.41) is 14.9. The van der Waals surface area contributed by atoms with E-state index in [1.807, 2.05) is 12.1 Å². The molecule has 0 fully saturated rings. The van der Waals surface area contributed by atoms with Crippen molar-refractivity contribution >= 4 is 0 Å². The number of aromatic amines is 2. The third-order valence-electron chi connectivity index (χ3n) is 3.08. The fourth-order valence-electron chi connectivity index (χ4n) is 2.10. The Balaban J connectivity index is 1.92. The lowest BCUT2D eigenvalue weighted by molar-refractivity contribution is 1.02. The van der Waals surface area contributed by atoms with Crippen molar-refractivity contribution in [2.45, 2.75) is 0 Å². The van der Waals surface area contributed by atoms with Gasteiger partial charge in [-0.2, -0.15) is 10.2 Å². The molecule has 0 aliphatic heterocycles. The molecule has 8 nitrogen and oxygen atoms in total. The van der Waals surface area contributed by atoms with E-state index in [1.54, 1.807) is 37.1 Å². The first-order chi connectivity index (χ1) is 10.9. The van der Waals surface area contributed by atoms with Crippen molar-refractivity contribution in [3.8, 4) is 34.3 Å². The minimum Gasteiger partial charge on any atom is -0.343 e. The minimum absolute atomic E-state index is 0.632. The van der Waals surface area contributed by atoms with Gasteiger partial charge in [-0.3, -0.25) is 5.10 Å². The van der Waals surface area contributed by atoms with E-state index < -0.39 is 0 Å². The molecule has 22 heavy (non-hydrogen) atoms. The molecule has 4 aromatic rings. The molecule has 0 aliphatic rings. The van der Waals surface area contributed by atoms with Crippen molar-refractivity contribution in [1.82, 2.24) is 40.3 Å². The largest absolute Gasteiger partial charge is 0.343 e. The summed E-state index contributed by atoms with van der Waals surface area (Å²) in [5.41, 5.74) is 3.31. The molecule has 0 saturated carbocycles. The molecular formula is C14H10N8. The Hall–Kier alpha value is -3.42. The van der Waals surface area contributed by atoms with Crippen LogP contribution in [0, 0.1) is 0 Å². The molecule has 4 heterocycles. The lowest BCUT2D eigenvalue weighted by Gasteiger charge is -2.06. The van der Waals surface area contributed by atoms with Gasteiger partial charge in [-0.25, -0.2) is 15.0 Å². The average Bonchev–Trinajstić information content (AvgIpc) is 3.29. The molecule has 0 aliphatic carbocycles. The van der Waals surface area contributed by atoms with Crippen LogP contribution in [-0.2, 0) is 0 Å². The summed E-state index contributed by atoms with van der Waals surface area (Å²) in [6, 6.07) is 5.47. The molecule has 4 rings (SSSR count). The molecular weight excluding hydrogens is 280 g/mol. The van der Waals surface area contributed by atoms with Crippen LogP contribution in [0.25, 0.3) is 34.3 Å². The normalized spacial score (nSPS) is 10.7. The van der Waals surface area contributed by atoms with Crippen LogP contribution in [0.3, 0.4) is 0 Å². The molecule has 4 aromatic heterocycles. The summed E-state index contributed by atoms with van der Waals surface area (Å²) < 4.78 is 0. The number of aromatic nitrogens is 8. The van der Waals surface area contributed by atoms with Gasteiger partial charge in [-0.05, 0) is 18.2 Å². The fraction of sp³-hybridized carbons (Fsp3) is 0. The van der Waals surface area contributed by atoms with Crippen molar-refractivity contribution in [2.24, 2.45) is 0 Å². The number of imidazole rings is 1. The Morgan fingerprint density at radius 3 is 2.64 bits per heavy atom. The molecule has 0 saturated heterocycles. The first-order valence-electron chi connectivity index (χ1n) is 6.56. The Labute approximate surface area is 124 Å². The van der Waals surface area contributed by atoms with Crippen molar-refractivity contribution in [1.29, 1.82) is 0 Å². The second kappa shape index (κ2) is 5.17. The predicted molar refractivity (Wildman–Crippen MR) is 78.2 cm³/mol. The highest BCUT2D eigenvalue weighted by Gasteiger charge is 2.15. The smallest absolute Gasteiger partial charge is 0.157 e. The first-order valence-corrected chi connectivity index (χ1v) is 6.56. The SMILES string of the molecule is c1cnnc(-c2ncc(-c3ncc[nH]3)nc2-c2ccn[nH]2)c1. The number of nitrogens with one attached hydrogen (secondary N) is 2. The van der Waals surface area contributed by atoms with Gasteiger partial charge in [0.15, 0.2) is 5.82 Å². The summed E-state index contributed by atoms with van der Waals surface area (Å²) in [6.07, 6.45) is 8.34. The van der Waals surface area contributed by atoms with Crippen LogP contribution >= 0.6 is 0 Å². The number of nitrogens with zero attached hydrogens (tertiary/aromatic N) is 6. The van der Waals surface area contributed by atoms with E-state index in [1.165, 1.54) is 0 Å². The van der Waals surface area contributed by atoms with E-state index in [4.69, 9.17) is 0 Å². The summed E-state index contributed by atoms with van der Waals surface area (Å²) in [7, 11) is 0. The van der Waals surface area contributed by atoms with Gasteiger partial charge in [0.25, 0.3) is 0 Å². The molecule has 0 amide bonds. The minimum atomic E-state index is 0.632. The Bertz CT molecular complexity index is 869. The van der Waals surface area contributed by atoms with Gasteiger partial charge in [0.2, 0.25) is 0 Å². The molecule has 0 spiro atoms. The lowest BCUT2D eigenvalue weighted by Crippen LogP contribution is -1.99. The topological polar surface area (TPSA) is 109 Å². The van der Waals surface area contributed by atoms with Gasteiger partial charge in [0.05, 0.1) is 11.9 Å². The molecule has 106 valence electrons. The third-order valence-corrected chi connectivity index (χ3v) is 3.08. The monoisotopic (exact) mass is 290 g/mol. The lowest BCUT2D eigenvalue weighted by atomic mass is 10.1. The number of rotatable bonds is 3. The van der Waals surface area contributed by atoms with Crippen LogP contribution in [0.1, 0.15) is 0 Å². The predicted octanol–water partition coefficient (Wildman–Crippen LogP) is 1.71. The fourth-order valence-corrected chi connectivity index (χ4v) is 2.10. The van der Waals surface area contributed by atoms with Crippen molar-refractivity contribution in [3.05, 3.63) is 49.2 Å². The zero-order valence-corrected chi connectivity index (χ0v) is 11.3. The van der Waals surface area contributed by atoms with E-state index >= 15 is 0 Å². The van der Waals surface area contributed by atoms with Crippen LogP contribution in [0.5, 0.6) is 0 Å². The van der Waals surface area contributed by atoms with Crippen LogP contribution < -0.4 is 0 Å². The average molecular weight is 290 g/mol. The van der Waals surface area contributed by atoms with E-state index in [-0.39, 0.29) is 0 Å². The van der Waals surface area contributed by atoms with Gasteiger partial charge in [0, 0.05) is 24.8 Å². The second-order valence-electron chi connectivity index (χ2n) is 4.47. The van der Waals surface area contributed by atoms with Crippen molar-refractivity contribution in [3.63, 3.8) is 0 Å². The first kappa shape index (κ1) is 12.3. The second-order valence-corrected chi connectivity index (χ2v) is 4.47. The Kier molecular flexibility index (Phi) is 2.90. The summed E-state index contributed by atoms with van der Waals surface area (Å²) >= 11 is 0. The zero-order valence-electron chi connectivity index (χ0n) is 11.3. The summed E-state index contributed by atoms with van der Waals surface area (Å²) in [4.78, 5) is 16.3. The van der Waals surface area contributed by atoms with Gasteiger partial charge in [-0.15, -0.1) is 5.10 Å². The molecule has 0 aromatic carbocycles. The van der Waals surface area contributed by atoms with Gasteiger partial charge in [0.1, 0.15) is 22.8 Å². The van der Waals surface area contributed by atoms with Crippen molar-refractivity contribution < 1.29 is 0 Å². The molecule has 0 unspecified atom stereocenters. The standard InChI is InChI=1S/C14H10N8/c1-2-9(21-18-4-1)12-13(10-3-5-19-22-10)20-11(8-17-12)14-15-6-7-16-14/h1-8H,(H,15,16)(H,19,22). The molecule has 8 heteroatoms. The van der Waals surface area contributed by atoms with Crippen LogP contribution in [0.4, 0.5) is 0 Å². The van der Waals surface area contributed by atoms with Gasteiger partial charge in [-0.1, -0.05) is 0 Å². The number of hydrogen-bond donors (Lipinski definition) is 2.